The minimum Gasteiger partial charge on any atom is -0.367 e. The summed E-state index contributed by atoms with van der Waals surface area (Å²) in [4.78, 5) is 4.65. The lowest BCUT2D eigenvalue weighted by molar-refractivity contribution is 0.669. The van der Waals surface area contributed by atoms with Gasteiger partial charge in [-0.2, -0.15) is 0 Å². The molecule has 0 aliphatic carbocycles. The number of rotatable bonds is 1. The van der Waals surface area contributed by atoms with Crippen LogP contribution in [-0.4, -0.2) is 11.0 Å². The number of pyridine rings is 1. The van der Waals surface area contributed by atoms with Crippen molar-refractivity contribution < 1.29 is 0 Å². The van der Waals surface area contributed by atoms with Crippen LogP contribution < -0.4 is 5.32 Å². The molecule has 2 heteroatoms. The Morgan fingerprint density at radius 3 is 2.93 bits per heavy atom. The lowest BCUT2D eigenvalue weighted by Crippen LogP contribution is -2.23. The van der Waals surface area contributed by atoms with Crippen LogP contribution in [0.4, 0.5) is 5.82 Å². The van der Waals surface area contributed by atoms with Crippen molar-refractivity contribution in [3.05, 3.63) is 23.4 Å². The first kappa shape index (κ1) is 9.50. The van der Waals surface area contributed by atoms with E-state index in [4.69, 9.17) is 0 Å². The summed E-state index contributed by atoms with van der Waals surface area (Å²) in [6.07, 6.45) is 2.38. The quantitative estimate of drug-likeness (QED) is 0.736. The van der Waals surface area contributed by atoms with Gasteiger partial charge < -0.3 is 5.32 Å². The van der Waals surface area contributed by atoms with Gasteiger partial charge in [-0.1, -0.05) is 19.9 Å². The Hall–Kier alpha value is -1.05. The average Bonchev–Trinajstić information content (AvgIpc) is 2.16. The lowest BCUT2D eigenvalue weighted by Gasteiger charge is -2.23. The van der Waals surface area contributed by atoms with Gasteiger partial charge in [0.2, 0.25) is 0 Å². The molecule has 0 saturated heterocycles. The van der Waals surface area contributed by atoms with Crippen molar-refractivity contribution >= 4 is 5.82 Å². The Morgan fingerprint density at radius 1 is 1.43 bits per heavy atom. The van der Waals surface area contributed by atoms with Crippen LogP contribution in [0.2, 0.25) is 0 Å². The molecule has 1 aliphatic rings. The van der Waals surface area contributed by atoms with Crippen molar-refractivity contribution in [1.82, 2.24) is 4.98 Å². The van der Waals surface area contributed by atoms with E-state index in [9.17, 15) is 0 Å². The standard InChI is InChI=1S/C12H18N2/c1-8(2)11-7-6-10-5-4-9(3)13-12(10)14-11/h6-9H,4-5H2,1-3H3,(H,13,14). The van der Waals surface area contributed by atoms with Crippen LogP contribution in [0.3, 0.4) is 0 Å². The van der Waals surface area contributed by atoms with Crippen molar-refractivity contribution in [2.75, 3.05) is 5.32 Å². The fraction of sp³-hybridized carbons (Fsp3) is 0.583. The van der Waals surface area contributed by atoms with Gasteiger partial charge in [0.05, 0.1) is 0 Å². The largest absolute Gasteiger partial charge is 0.367 e. The lowest BCUT2D eigenvalue weighted by atomic mass is 10.0. The second kappa shape index (κ2) is 3.60. The van der Waals surface area contributed by atoms with Crippen LogP contribution in [-0.2, 0) is 6.42 Å². The molecule has 0 bridgehead atoms. The second-order valence-electron chi connectivity index (χ2n) is 4.48. The van der Waals surface area contributed by atoms with E-state index in [2.05, 4.69) is 43.2 Å². The molecule has 0 fully saturated rings. The highest BCUT2D eigenvalue weighted by Gasteiger charge is 2.15. The summed E-state index contributed by atoms with van der Waals surface area (Å²) in [5, 5.41) is 3.44. The molecule has 1 aromatic heterocycles. The van der Waals surface area contributed by atoms with Crippen LogP contribution in [0, 0.1) is 0 Å². The molecule has 1 atom stereocenters. The van der Waals surface area contributed by atoms with Crippen molar-refractivity contribution in [1.29, 1.82) is 0 Å². The van der Waals surface area contributed by atoms with Crippen LogP contribution >= 0.6 is 0 Å². The Labute approximate surface area is 85.7 Å². The van der Waals surface area contributed by atoms with Gasteiger partial charge >= 0.3 is 0 Å². The van der Waals surface area contributed by atoms with Gasteiger partial charge in [-0.15, -0.1) is 0 Å². The Balaban J connectivity index is 2.33. The molecule has 0 spiro atoms. The summed E-state index contributed by atoms with van der Waals surface area (Å²) in [6, 6.07) is 4.94. The maximum Gasteiger partial charge on any atom is 0.129 e. The minimum absolute atomic E-state index is 0.513. The van der Waals surface area contributed by atoms with E-state index in [1.807, 2.05) is 0 Å². The number of hydrogen-bond donors (Lipinski definition) is 1. The van der Waals surface area contributed by atoms with Crippen molar-refractivity contribution in [2.45, 2.75) is 45.6 Å². The zero-order valence-corrected chi connectivity index (χ0v) is 9.17. The normalized spacial score (nSPS) is 20.4. The van der Waals surface area contributed by atoms with Gasteiger partial charge in [0, 0.05) is 11.7 Å². The zero-order valence-electron chi connectivity index (χ0n) is 9.17. The third-order valence-corrected chi connectivity index (χ3v) is 2.82. The highest BCUT2D eigenvalue weighted by atomic mass is 15.0. The third kappa shape index (κ3) is 1.74. The van der Waals surface area contributed by atoms with Gasteiger partial charge in [-0.25, -0.2) is 4.98 Å². The maximum atomic E-state index is 4.65. The molecule has 1 aromatic rings. The summed E-state index contributed by atoms with van der Waals surface area (Å²) in [7, 11) is 0. The zero-order chi connectivity index (χ0) is 10.1. The summed E-state index contributed by atoms with van der Waals surface area (Å²) in [5.41, 5.74) is 2.55. The first-order valence-electron chi connectivity index (χ1n) is 5.43. The van der Waals surface area contributed by atoms with E-state index >= 15 is 0 Å². The van der Waals surface area contributed by atoms with Gasteiger partial charge in [0.15, 0.2) is 0 Å². The van der Waals surface area contributed by atoms with E-state index in [1.165, 1.54) is 17.7 Å². The summed E-state index contributed by atoms with van der Waals surface area (Å²) >= 11 is 0. The molecule has 2 rings (SSSR count). The van der Waals surface area contributed by atoms with E-state index < -0.39 is 0 Å². The fourth-order valence-electron chi connectivity index (χ4n) is 1.83. The summed E-state index contributed by atoms with van der Waals surface area (Å²) in [5.74, 6) is 1.62. The Kier molecular flexibility index (Phi) is 2.44. The first-order chi connectivity index (χ1) is 6.66. The number of aryl methyl sites for hydroxylation is 1. The van der Waals surface area contributed by atoms with Gasteiger partial charge in [-0.05, 0) is 37.3 Å². The number of aromatic nitrogens is 1. The molecule has 0 aromatic carbocycles. The smallest absolute Gasteiger partial charge is 0.129 e. The topological polar surface area (TPSA) is 24.9 Å². The van der Waals surface area contributed by atoms with Crippen molar-refractivity contribution in [2.24, 2.45) is 0 Å². The van der Waals surface area contributed by atoms with E-state index in [1.54, 1.807) is 0 Å². The fourth-order valence-corrected chi connectivity index (χ4v) is 1.83. The highest BCUT2D eigenvalue weighted by molar-refractivity contribution is 5.48. The SMILES string of the molecule is CC1CCc2ccc(C(C)C)nc2N1. The Morgan fingerprint density at radius 2 is 2.21 bits per heavy atom. The van der Waals surface area contributed by atoms with E-state index in [0.717, 1.165) is 12.2 Å². The minimum atomic E-state index is 0.513. The van der Waals surface area contributed by atoms with Crippen LogP contribution in [0.15, 0.2) is 12.1 Å². The predicted octanol–water partition coefficient (Wildman–Crippen LogP) is 2.95. The van der Waals surface area contributed by atoms with Gasteiger partial charge in [-0.3, -0.25) is 0 Å². The highest BCUT2D eigenvalue weighted by Crippen LogP contribution is 2.24. The average molecular weight is 190 g/mol. The molecule has 2 nitrogen and oxygen atoms in total. The molecule has 14 heavy (non-hydrogen) atoms. The number of anilines is 1. The molecule has 0 saturated carbocycles. The molecule has 1 N–H and O–H groups in total. The molecule has 0 amide bonds. The van der Waals surface area contributed by atoms with Crippen LogP contribution in [0.25, 0.3) is 0 Å². The van der Waals surface area contributed by atoms with E-state index in [-0.39, 0.29) is 0 Å². The molecule has 0 radical (unpaired) electrons. The number of hydrogen-bond acceptors (Lipinski definition) is 2. The number of nitrogens with zero attached hydrogens (tertiary/aromatic N) is 1. The van der Waals surface area contributed by atoms with Crippen molar-refractivity contribution in [3.8, 4) is 0 Å². The van der Waals surface area contributed by atoms with Gasteiger partial charge in [0.25, 0.3) is 0 Å². The Bertz CT molecular complexity index is 331. The number of nitrogens with one attached hydrogen (secondary N) is 1. The maximum absolute atomic E-state index is 4.65. The molecular formula is C12H18N2. The van der Waals surface area contributed by atoms with Crippen LogP contribution in [0.5, 0.6) is 0 Å². The summed E-state index contributed by atoms with van der Waals surface area (Å²) in [6.45, 7) is 6.58. The summed E-state index contributed by atoms with van der Waals surface area (Å²) < 4.78 is 0. The number of fused-ring (bicyclic) bond motifs is 1. The van der Waals surface area contributed by atoms with Gasteiger partial charge in [0.1, 0.15) is 5.82 Å². The molecule has 76 valence electrons. The molecule has 1 aliphatic heterocycles. The molecular weight excluding hydrogens is 172 g/mol. The molecule has 1 unspecified atom stereocenters. The second-order valence-corrected chi connectivity index (χ2v) is 4.48. The van der Waals surface area contributed by atoms with Crippen molar-refractivity contribution in [3.63, 3.8) is 0 Å². The van der Waals surface area contributed by atoms with E-state index in [0.29, 0.717) is 12.0 Å². The van der Waals surface area contributed by atoms with Crippen LogP contribution in [0.1, 0.15) is 44.4 Å². The predicted molar refractivity (Wildman–Crippen MR) is 59.7 cm³/mol. The third-order valence-electron chi connectivity index (χ3n) is 2.82. The monoisotopic (exact) mass is 190 g/mol. The molecule has 2 heterocycles. The first-order valence-corrected chi connectivity index (χ1v) is 5.43.